The van der Waals surface area contributed by atoms with E-state index in [1.54, 1.807) is 24.3 Å². The fourth-order valence-electron chi connectivity index (χ4n) is 1.64. The van der Waals surface area contributed by atoms with Gasteiger partial charge < -0.3 is 9.84 Å². The van der Waals surface area contributed by atoms with E-state index in [1.165, 1.54) is 13.2 Å². The maximum absolute atomic E-state index is 13.9. The average Bonchev–Trinajstić information content (AvgIpc) is 2.28. The van der Waals surface area contributed by atoms with Crippen molar-refractivity contribution in [3.8, 4) is 5.75 Å². The van der Waals surface area contributed by atoms with E-state index in [1.807, 2.05) is 0 Å². The van der Waals surface area contributed by atoms with Gasteiger partial charge in [0.2, 0.25) is 0 Å². The van der Waals surface area contributed by atoms with Crippen LogP contribution in [-0.4, -0.2) is 18.2 Å². The minimum absolute atomic E-state index is 0.199. The van der Waals surface area contributed by atoms with Gasteiger partial charge in [-0.15, -0.1) is 0 Å². The number of aromatic carboxylic acids is 1. The van der Waals surface area contributed by atoms with Gasteiger partial charge >= 0.3 is 5.97 Å². The zero-order valence-electron chi connectivity index (χ0n) is 8.53. The van der Waals surface area contributed by atoms with Gasteiger partial charge in [-0.1, -0.05) is 18.2 Å². The lowest BCUT2D eigenvalue weighted by Gasteiger charge is -2.07. The molecule has 0 saturated carbocycles. The second-order valence-electron chi connectivity index (χ2n) is 3.29. The van der Waals surface area contributed by atoms with Gasteiger partial charge in [0.25, 0.3) is 0 Å². The highest BCUT2D eigenvalue weighted by atomic mass is 19.1. The molecule has 0 heterocycles. The van der Waals surface area contributed by atoms with Gasteiger partial charge in [0.1, 0.15) is 11.6 Å². The molecule has 4 heteroatoms. The summed E-state index contributed by atoms with van der Waals surface area (Å²) in [4.78, 5) is 10.8. The van der Waals surface area contributed by atoms with Gasteiger partial charge in [-0.2, -0.15) is 0 Å². The zero-order valence-corrected chi connectivity index (χ0v) is 8.53. The topological polar surface area (TPSA) is 46.5 Å². The minimum atomic E-state index is -1.29. The summed E-state index contributed by atoms with van der Waals surface area (Å²) in [6.07, 6.45) is 0. The molecule has 0 radical (unpaired) electrons. The molecule has 0 aliphatic carbocycles. The molecule has 0 bridgehead atoms. The molecule has 3 nitrogen and oxygen atoms in total. The molecule has 0 fully saturated rings. The third kappa shape index (κ3) is 1.48. The Hall–Kier alpha value is -2.10. The van der Waals surface area contributed by atoms with Gasteiger partial charge in [-0.3, -0.25) is 0 Å². The molecule has 2 aromatic carbocycles. The Bertz CT molecular complexity index is 563. The molecule has 0 spiro atoms. The van der Waals surface area contributed by atoms with Crippen molar-refractivity contribution >= 4 is 16.7 Å². The van der Waals surface area contributed by atoms with Crippen LogP contribution >= 0.6 is 0 Å². The molecule has 0 aliphatic heterocycles. The number of methoxy groups -OCH3 is 1. The van der Waals surface area contributed by atoms with Crippen LogP contribution in [-0.2, 0) is 0 Å². The molecular weight excluding hydrogens is 211 g/mol. The van der Waals surface area contributed by atoms with Crippen LogP contribution in [0.3, 0.4) is 0 Å². The minimum Gasteiger partial charge on any atom is -0.496 e. The summed E-state index contributed by atoms with van der Waals surface area (Å²) in [5.74, 6) is -1.72. The van der Waals surface area contributed by atoms with Crippen molar-refractivity contribution in [3.63, 3.8) is 0 Å². The number of hydrogen-bond acceptors (Lipinski definition) is 2. The molecule has 2 rings (SSSR count). The number of carboxylic acids is 1. The molecule has 0 unspecified atom stereocenters. The average molecular weight is 220 g/mol. The number of carboxylic acid groups (broad SMARTS) is 1. The van der Waals surface area contributed by atoms with Crippen molar-refractivity contribution in [2.45, 2.75) is 0 Å². The molecule has 82 valence electrons. The van der Waals surface area contributed by atoms with E-state index >= 15 is 0 Å². The lowest BCUT2D eigenvalue weighted by molar-refractivity contribution is 0.0692. The van der Waals surface area contributed by atoms with Crippen molar-refractivity contribution in [1.82, 2.24) is 0 Å². The summed E-state index contributed by atoms with van der Waals surface area (Å²) in [5, 5.41) is 9.62. The molecule has 16 heavy (non-hydrogen) atoms. The maximum Gasteiger partial charge on any atom is 0.338 e. The molecule has 1 N–H and O–H groups in total. The highest BCUT2D eigenvalue weighted by Gasteiger charge is 2.15. The second kappa shape index (κ2) is 3.81. The third-order valence-electron chi connectivity index (χ3n) is 2.39. The molecule has 2 aromatic rings. The Labute approximate surface area is 91.1 Å². The van der Waals surface area contributed by atoms with Gasteiger partial charge in [0.05, 0.1) is 18.1 Å². The molecule has 0 saturated heterocycles. The standard InChI is InChI=1S/C12H9FO3/c1-16-9-4-2-3-7-5-6-8(12(14)15)11(13)10(7)9/h2-6H,1H3,(H,14,15). The maximum atomic E-state index is 13.9. The van der Waals surface area contributed by atoms with Crippen molar-refractivity contribution in [2.75, 3.05) is 7.11 Å². The molecule has 0 aromatic heterocycles. The Morgan fingerprint density at radius 3 is 2.69 bits per heavy atom. The highest BCUT2D eigenvalue weighted by molar-refractivity contribution is 5.97. The largest absolute Gasteiger partial charge is 0.496 e. The van der Waals surface area contributed by atoms with Crippen molar-refractivity contribution in [1.29, 1.82) is 0 Å². The number of carbonyl (C=O) groups is 1. The second-order valence-corrected chi connectivity index (χ2v) is 3.29. The first-order valence-corrected chi connectivity index (χ1v) is 4.63. The first kappa shape index (κ1) is 10.4. The van der Waals surface area contributed by atoms with Gasteiger partial charge in [0, 0.05) is 0 Å². The fraction of sp³-hybridized carbons (Fsp3) is 0.0833. The lowest BCUT2D eigenvalue weighted by atomic mass is 10.1. The van der Waals surface area contributed by atoms with E-state index in [2.05, 4.69) is 0 Å². The van der Waals surface area contributed by atoms with E-state index in [0.717, 1.165) is 0 Å². The number of ether oxygens (including phenoxy) is 1. The van der Waals surface area contributed by atoms with Gasteiger partial charge in [-0.25, -0.2) is 9.18 Å². The number of halogens is 1. The Morgan fingerprint density at radius 1 is 1.31 bits per heavy atom. The summed E-state index contributed by atoms with van der Waals surface area (Å²) in [5.41, 5.74) is -0.350. The van der Waals surface area contributed by atoms with Gasteiger partial charge in [0.15, 0.2) is 0 Å². The van der Waals surface area contributed by atoms with Crippen LogP contribution in [0.5, 0.6) is 5.75 Å². The van der Waals surface area contributed by atoms with Crippen molar-refractivity contribution in [3.05, 3.63) is 41.7 Å². The summed E-state index contributed by atoms with van der Waals surface area (Å²) in [6.45, 7) is 0. The predicted octanol–water partition coefficient (Wildman–Crippen LogP) is 2.69. The van der Waals surface area contributed by atoms with Crippen LogP contribution in [0.15, 0.2) is 30.3 Å². The van der Waals surface area contributed by atoms with Crippen LogP contribution < -0.4 is 4.74 Å². The predicted molar refractivity (Wildman–Crippen MR) is 57.4 cm³/mol. The van der Waals surface area contributed by atoms with Crippen LogP contribution in [0.4, 0.5) is 4.39 Å². The molecule has 0 aliphatic rings. The van der Waals surface area contributed by atoms with Crippen molar-refractivity contribution in [2.24, 2.45) is 0 Å². The van der Waals surface area contributed by atoms with E-state index < -0.39 is 11.8 Å². The Kier molecular flexibility index (Phi) is 2.48. The Balaban J connectivity index is 2.86. The molecular formula is C12H9FO3. The van der Waals surface area contributed by atoms with Crippen molar-refractivity contribution < 1.29 is 19.0 Å². The summed E-state index contributed by atoms with van der Waals surface area (Å²) >= 11 is 0. The molecule has 0 amide bonds. The normalized spacial score (nSPS) is 10.4. The first-order valence-electron chi connectivity index (χ1n) is 4.63. The summed E-state index contributed by atoms with van der Waals surface area (Å²) in [7, 11) is 1.42. The van der Waals surface area contributed by atoms with Crippen LogP contribution in [0.2, 0.25) is 0 Å². The van der Waals surface area contributed by atoms with Crippen LogP contribution in [0.25, 0.3) is 10.8 Å². The lowest BCUT2D eigenvalue weighted by Crippen LogP contribution is -2.01. The number of rotatable bonds is 2. The highest BCUT2D eigenvalue weighted by Crippen LogP contribution is 2.29. The number of benzene rings is 2. The van der Waals surface area contributed by atoms with E-state index in [9.17, 15) is 9.18 Å². The fourth-order valence-corrected chi connectivity index (χ4v) is 1.64. The smallest absolute Gasteiger partial charge is 0.338 e. The van der Waals surface area contributed by atoms with Crippen LogP contribution in [0, 0.1) is 5.82 Å². The van der Waals surface area contributed by atoms with Crippen LogP contribution in [0.1, 0.15) is 10.4 Å². The third-order valence-corrected chi connectivity index (χ3v) is 2.39. The van der Waals surface area contributed by atoms with E-state index in [4.69, 9.17) is 9.84 Å². The monoisotopic (exact) mass is 220 g/mol. The zero-order chi connectivity index (χ0) is 11.7. The first-order chi connectivity index (χ1) is 7.65. The van der Waals surface area contributed by atoms with E-state index in [0.29, 0.717) is 11.1 Å². The van der Waals surface area contributed by atoms with E-state index in [-0.39, 0.29) is 10.9 Å². The van der Waals surface area contributed by atoms with Gasteiger partial charge in [-0.05, 0) is 17.5 Å². The quantitative estimate of drug-likeness (QED) is 0.846. The SMILES string of the molecule is COc1cccc2ccc(C(=O)O)c(F)c12. The summed E-state index contributed by atoms with van der Waals surface area (Å²) in [6, 6.07) is 7.83. The summed E-state index contributed by atoms with van der Waals surface area (Å²) < 4.78 is 18.9. The number of hydrogen-bond donors (Lipinski definition) is 1. The number of fused-ring (bicyclic) bond motifs is 1. The Morgan fingerprint density at radius 2 is 2.06 bits per heavy atom. The molecule has 0 atom stereocenters.